The lowest BCUT2D eigenvalue weighted by Gasteiger charge is -2.02. The van der Waals surface area contributed by atoms with Crippen molar-refractivity contribution in [3.05, 3.63) is 40.4 Å². The van der Waals surface area contributed by atoms with Crippen LogP contribution in [0, 0.1) is 6.92 Å². The lowest BCUT2D eigenvalue weighted by atomic mass is 10.1. The van der Waals surface area contributed by atoms with Gasteiger partial charge in [-0.2, -0.15) is 0 Å². The molecule has 4 nitrogen and oxygen atoms in total. The highest BCUT2D eigenvalue weighted by Crippen LogP contribution is 2.15. The number of aromatic nitrogens is 2. The fraction of sp³-hybridized carbons (Fsp3) is 0.273. The van der Waals surface area contributed by atoms with Gasteiger partial charge in [-0.05, 0) is 12.5 Å². The van der Waals surface area contributed by atoms with Gasteiger partial charge in [0, 0.05) is 13.1 Å². The van der Waals surface area contributed by atoms with E-state index in [1.807, 2.05) is 0 Å². The maximum Gasteiger partial charge on any atom is 0.205 e. The van der Waals surface area contributed by atoms with E-state index in [0.717, 1.165) is 16.7 Å². The second kappa shape index (κ2) is 5.05. The first-order valence-electron chi connectivity index (χ1n) is 5.10. The van der Waals surface area contributed by atoms with E-state index in [-0.39, 0.29) is 0 Å². The molecule has 0 spiro atoms. The second-order valence-corrected chi connectivity index (χ2v) is 4.61. The molecule has 2 rings (SSSR count). The van der Waals surface area contributed by atoms with Crippen molar-refractivity contribution in [2.75, 3.05) is 5.32 Å². The third-order valence-electron chi connectivity index (χ3n) is 2.21. The minimum Gasteiger partial charge on any atom is -0.356 e. The fourth-order valence-electron chi connectivity index (χ4n) is 1.29. The molecule has 0 fully saturated rings. The summed E-state index contributed by atoms with van der Waals surface area (Å²) in [5, 5.41) is 12.8. The van der Waals surface area contributed by atoms with Crippen LogP contribution in [0.15, 0.2) is 24.3 Å². The highest BCUT2D eigenvalue weighted by atomic mass is 32.1. The van der Waals surface area contributed by atoms with Gasteiger partial charge in [-0.25, -0.2) is 0 Å². The van der Waals surface area contributed by atoms with Crippen molar-refractivity contribution in [1.82, 2.24) is 10.2 Å². The molecule has 0 saturated heterocycles. The molecular formula is C11H14N4S. The number of benzene rings is 1. The van der Waals surface area contributed by atoms with E-state index in [4.69, 9.17) is 5.73 Å². The first-order chi connectivity index (χ1) is 7.78. The van der Waals surface area contributed by atoms with Crippen molar-refractivity contribution < 1.29 is 0 Å². The molecule has 1 aromatic heterocycles. The van der Waals surface area contributed by atoms with E-state index >= 15 is 0 Å². The molecule has 0 saturated carbocycles. The van der Waals surface area contributed by atoms with Crippen molar-refractivity contribution in [3.8, 4) is 0 Å². The highest BCUT2D eigenvalue weighted by Gasteiger charge is 2.01. The molecule has 3 N–H and O–H groups in total. The number of anilines is 1. The predicted molar refractivity (Wildman–Crippen MR) is 66.3 cm³/mol. The first-order valence-corrected chi connectivity index (χ1v) is 5.91. The van der Waals surface area contributed by atoms with Crippen molar-refractivity contribution in [3.63, 3.8) is 0 Å². The Labute approximate surface area is 98.5 Å². The summed E-state index contributed by atoms with van der Waals surface area (Å²) >= 11 is 1.50. The molecule has 0 aliphatic rings. The maximum absolute atomic E-state index is 5.47. The van der Waals surface area contributed by atoms with E-state index in [1.165, 1.54) is 22.5 Å². The van der Waals surface area contributed by atoms with Gasteiger partial charge in [-0.15, -0.1) is 10.2 Å². The predicted octanol–water partition coefficient (Wildman–Crippen LogP) is 1.92. The van der Waals surface area contributed by atoms with E-state index < -0.39 is 0 Å². The summed E-state index contributed by atoms with van der Waals surface area (Å²) in [4.78, 5) is 0. The minimum atomic E-state index is 0.448. The molecule has 0 atom stereocenters. The Balaban J connectivity index is 1.94. The van der Waals surface area contributed by atoms with Gasteiger partial charge in [-0.1, -0.05) is 41.2 Å². The Kier molecular flexibility index (Phi) is 3.48. The molecule has 16 heavy (non-hydrogen) atoms. The first kappa shape index (κ1) is 11.0. The van der Waals surface area contributed by atoms with Gasteiger partial charge in [-0.3, -0.25) is 0 Å². The molecule has 0 unspecified atom stereocenters. The Bertz CT molecular complexity index is 449. The van der Waals surface area contributed by atoms with E-state index in [0.29, 0.717) is 6.54 Å². The highest BCUT2D eigenvalue weighted by molar-refractivity contribution is 7.15. The molecule has 2 aromatic rings. The van der Waals surface area contributed by atoms with Crippen LogP contribution in [0.2, 0.25) is 0 Å². The largest absolute Gasteiger partial charge is 0.356 e. The lowest BCUT2D eigenvalue weighted by Crippen LogP contribution is -1.98. The van der Waals surface area contributed by atoms with Crippen LogP contribution in [0.4, 0.5) is 5.13 Å². The topological polar surface area (TPSA) is 63.8 Å². The Hall–Kier alpha value is -1.46. The lowest BCUT2D eigenvalue weighted by molar-refractivity contribution is 0.953. The van der Waals surface area contributed by atoms with Gasteiger partial charge < -0.3 is 11.1 Å². The molecule has 0 radical (unpaired) electrons. The minimum absolute atomic E-state index is 0.448. The van der Waals surface area contributed by atoms with Crippen LogP contribution < -0.4 is 11.1 Å². The molecule has 0 bridgehead atoms. The smallest absolute Gasteiger partial charge is 0.205 e. The standard InChI is InChI=1S/C11H14N4S/c1-8-2-4-9(5-3-8)7-13-11-15-14-10(6-12)16-11/h2-5H,6-7,12H2,1H3,(H,13,15). The van der Waals surface area contributed by atoms with Crippen LogP contribution in [-0.2, 0) is 13.1 Å². The van der Waals surface area contributed by atoms with Gasteiger partial charge in [0.25, 0.3) is 0 Å². The van der Waals surface area contributed by atoms with Crippen molar-refractivity contribution in [2.24, 2.45) is 5.73 Å². The number of rotatable bonds is 4. The molecular weight excluding hydrogens is 220 g/mol. The van der Waals surface area contributed by atoms with Crippen LogP contribution >= 0.6 is 11.3 Å². The number of hydrogen-bond acceptors (Lipinski definition) is 5. The summed E-state index contributed by atoms with van der Waals surface area (Å²) in [6.45, 7) is 3.29. The second-order valence-electron chi connectivity index (χ2n) is 3.54. The molecule has 5 heteroatoms. The Morgan fingerprint density at radius 1 is 1.25 bits per heavy atom. The average molecular weight is 234 g/mol. The summed E-state index contributed by atoms with van der Waals surface area (Å²) in [6, 6.07) is 8.41. The van der Waals surface area contributed by atoms with Gasteiger partial charge in [0.15, 0.2) is 0 Å². The third-order valence-corrected chi connectivity index (χ3v) is 3.11. The molecule has 1 heterocycles. The van der Waals surface area contributed by atoms with Crippen LogP contribution in [-0.4, -0.2) is 10.2 Å². The number of aryl methyl sites for hydroxylation is 1. The van der Waals surface area contributed by atoms with Crippen molar-refractivity contribution in [2.45, 2.75) is 20.0 Å². The monoisotopic (exact) mass is 234 g/mol. The van der Waals surface area contributed by atoms with Crippen LogP contribution in [0.3, 0.4) is 0 Å². The Morgan fingerprint density at radius 3 is 2.62 bits per heavy atom. The average Bonchev–Trinajstić information content (AvgIpc) is 2.76. The molecule has 1 aromatic carbocycles. The molecule has 84 valence electrons. The number of nitrogens with one attached hydrogen (secondary N) is 1. The maximum atomic E-state index is 5.47. The number of nitrogens with zero attached hydrogens (tertiary/aromatic N) is 2. The van der Waals surface area contributed by atoms with E-state index in [2.05, 4.69) is 46.7 Å². The van der Waals surface area contributed by atoms with Gasteiger partial charge >= 0.3 is 0 Å². The van der Waals surface area contributed by atoms with Crippen molar-refractivity contribution >= 4 is 16.5 Å². The zero-order valence-electron chi connectivity index (χ0n) is 9.10. The zero-order chi connectivity index (χ0) is 11.4. The summed E-state index contributed by atoms with van der Waals surface area (Å²) in [7, 11) is 0. The number of nitrogens with two attached hydrogens (primary N) is 1. The Morgan fingerprint density at radius 2 is 2.00 bits per heavy atom. The molecule has 0 amide bonds. The van der Waals surface area contributed by atoms with E-state index in [1.54, 1.807) is 0 Å². The summed E-state index contributed by atoms with van der Waals surface area (Å²) in [6.07, 6.45) is 0. The van der Waals surface area contributed by atoms with Gasteiger partial charge in [0.05, 0.1) is 0 Å². The van der Waals surface area contributed by atoms with E-state index in [9.17, 15) is 0 Å². The number of hydrogen-bond donors (Lipinski definition) is 2. The quantitative estimate of drug-likeness (QED) is 0.848. The van der Waals surface area contributed by atoms with Crippen LogP contribution in [0.1, 0.15) is 16.1 Å². The van der Waals surface area contributed by atoms with Crippen LogP contribution in [0.25, 0.3) is 0 Å². The normalized spacial score (nSPS) is 10.4. The third kappa shape index (κ3) is 2.77. The molecule has 0 aliphatic carbocycles. The zero-order valence-corrected chi connectivity index (χ0v) is 9.92. The SMILES string of the molecule is Cc1ccc(CNc2nnc(CN)s2)cc1. The summed E-state index contributed by atoms with van der Waals surface area (Å²) < 4.78 is 0. The summed E-state index contributed by atoms with van der Waals surface area (Å²) in [5.41, 5.74) is 7.97. The molecule has 0 aliphatic heterocycles. The fourth-order valence-corrected chi connectivity index (χ4v) is 1.91. The van der Waals surface area contributed by atoms with Gasteiger partial charge in [0.1, 0.15) is 5.01 Å². The van der Waals surface area contributed by atoms with Gasteiger partial charge in [0.2, 0.25) is 5.13 Å². The van der Waals surface area contributed by atoms with Crippen molar-refractivity contribution in [1.29, 1.82) is 0 Å². The van der Waals surface area contributed by atoms with Crippen LogP contribution in [0.5, 0.6) is 0 Å². The summed E-state index contributed by atoms with van der Waals surface area (Å²) in [5.74, 6) is 0.